The van der Waals surface area contributed by atoms with Crippen molar-refractivity contribution in [1.29, 1.82) is 0 Å². The van der Waals surface area contributed by atoms with Crippen LogP contribution in [0.3, 0.4) is 0 Å². The molecule has 6 nitrogen and oxygen atoms in total. The number of pyridine rings is 1. The van der Waals surface area contributed by atoms with Crippen LogP contribution in [0, 0.1) is 0 Å². The molecule has 1 N–H and O–H groups in total. The predicted molar refractivity (Wildman–Crippen MR) is 83.9 cm³/mol. The third kappa shape index (κ3) is 2.60. The van der Waals surface area contributed by atoms with E-state index in [2.05, 4.69) is 19.6 Å². The first kappa shape index (κ1) is 14.3. The summed E-state index contributed by atoms with van der Waals surface area (Å²) in [6.45, 7) is 0. The zero-order valence-corrected chi connectivity index (χ0v) is 13.1. The van der Waals surface area contributed by atoms with Gasteiger partial charge in [0.15, 0.2) is 0 Å². The molecule has 116 valence electrons. The summed E-state index contributed by atoms with van der Waals surface area (Å²) >= 11 is 12.2. The van der Waals surface area contributed by atoms with Gasteiger partial charge in [0.25, 0.3) is 0 Å². The van der Waals surface area contributed by atoms with Gasteiger partial charge in [0.1, 0.15) is 17.5 Å². The fourth-order valence-corrected chi connectivity index (χ4v) is 3.13. The van der Waals surface area contributed by atoms with Gasteiger partial charge in [0, 0.05) is 17.0 Å². The van der Waals surface area contributed by atoms with Gasteiger partial charge in [-0.1, -0.05) is 34.4 Å². The van der Waals surface area contributed by atoms with Crippen LogP contribution in [-0.2, 0) is 6.42 Å². The highest BCUT2D eigenvalue weighted by atomic mass is 35.5. The van der Waals surface area contributed by atoms with E-state index in [9.17, 15) is 4.79 Å². The number of fused-ring (bicyclic) bond motifs is 1. The Balaban J connectivity index is 1.68. The monoisotopic (exact) mass is 349 g/mol. The molecule has 3 heterocycles. The number of ether oxygens (including phenoxy) is 1. The number of halogens is 2. The van der Waals surface area contributed by atoms with Gasteiger partial charge in [-0.05, 0) is 24.3 Å². The first-order valence-corrected chi connectivity index (χ1v) is 7.53. The number of hydrogen-bond donors (Lipinski definition) is 1. The average Bonchev–Trinajstić information content (AvgIpc) is 3.14. The summed E-state index contributed by atoms with van der Waals surface area (Å²) in [5, 5.41) is 4.68. The lowest BCUT2D eigenvalue weighted by Gasteiger charge is -2.11. The molecule has 1 unspecified atom stereocenters. The van der Waals surface area contributed by atoms with Crippen LogP contribution in [0.25, 0.3) is 11.5 Å². The molecule has 0 fully saturated rings. The quantitative estimate of drug-likeness (QED) is 0.766. The van der Waals surface area contributed by atoms with E-state index in [0.29, 0.717) is 33.6 Å². The van der Waals surface area contributed by atoms with Crippen molar-refractivity contribution in [3.05, 3.63) is 62.2 Å². The Hall–Kier alpha value is -2.31. The predicted octanol–water partition coefficient (Wildman–Crippen LogP) is 3.41. The van der Waals surface area contributed by atoms with Crippen LogP contribution in [0.4, 0.5) is 0 Å². The Morgan fingerprint density at radius 2 is 2.13 bits per heavy atom. The zero-order valence-electron chi connectivity index (χ0n) is 11.5. The van der Waals surface area contributed by atoms with Gasteiger partial charge < -0.3 is 4.74 Å². The number of aromatic nitrogens is 3. The molecule has 1 atom stereocenters. The van der Waals surface area contributed by atoms with Crippen LogP contribution >= 0.6 is 23.2 Å². The SMILES string of the molecule is O=c1[nH]c(-c2cccc(C3Cc4cc(Cl)cc(Cl)c4O3)n2)no1. The number of H-pyrrole nitrogens is 1. The molecule has 0 amide bonds. The van der Waals surface area contributed by atoms with Crippen LogP contribution in [0.2, 0.25) is 10.0 Å². The standard InChI is InChI=1S/C15H9Cl2N3O3/c16-8-4-7-5-12(22-13(7)9(17)6-8)10-2-1-3-11(18-10)14-19-15(21)23-20-14/h1-4,6,12H,5H2,(H,19,20,21). The lowest BCUT2D eigenvalue weighted by molar-refractivity contribution is 0.233. The average molecular weight is 350 g/mol. The van der Waals surface area contributed by atoms with Gasteiger partial charge in [-0.15, -0.1) is 0 Å². The molecule has 1 aliphatic heterocycles. The van der Waals surface area contributed by atoms with E-state index in [1.165, 1.54) is 0 Å². The summed E-state index contributed by atoms with van der Waals surface area (Å²) in [6.07, 6.45) is 0.334. The van der Waals surface area contributed by atoms with Gasteiger partial charge in [0.2, 0.25) is 5.82 Å². The van der Waals surface area contributed by atoms with Crippen LogP contribution < -0.4 is 10.5 Å². The van der Waals surface area contributed by atoms with Gasteiger partial charge in [0.05, 0.1) is 10.7 Å². The lowest BCUT2D eigenvalue weighted by Crippen LogP contribution is -2.06. The molecule has 23 heavy (non-hydrogen) atoms. The molecule has 0 bridgehead atoms. The van der Waals surface area contributed by atoms with Crippen LogP contribution in [-0.4, -0.2) is 15.1 Å². The van der Waals surface area contributed by atoms with Crippen molar-refractivity contribution in [2.75, 3.05) is 0 Å². The molecule has 0 saturated heterocycles. The highest BCUT2D eigenvalue weighted by molar-refractivity contribution is 6.35. The van der Waals surface area contributed by atoms with E-state index in [4.69, 9.17) is 27.9 Å². The van der Waals surface area contributed by atoms with Crippen LogP contribution in [0.15, 0.2) is 39.6 Å². The molecule has 0 spiro atoms. The van der Waals surface area contributed by atoms with E-state index in [0.717, 1.165) is 5.56 Å². The minimum Gasteiger partial charge on any atom is -0.482 e. The number of nitrogens with one attached hydrogen (secondary N) is 1. The van der Waals surface area contributed by atoms with E-state index in [1.54, 1.807) is 12.1 Å². The lowest BCUT2D eigenvalue weighted by atomic mass is 10.1. The van der Waals surface area contributed by atoms with E-state index in [-0.39, 0.29) is 11.9 Å². The van der Waals surface area contributed by atoms with Gasteiger partial charge in [-0.3, -0.25) is 9.51 Å². The second-order valence-corrected chi connectivity index (χ2v) is 5.92. The molecule has 8 heteroatoms. The van der Waals surface area contributed by atoms with Gasteiger partial charge in [-0.25, -0.2) is 9.78 Å². The second kappa shape index (κ2) is 5.40. The van der Waals surface area contributed by atoms with E-state index in [1.807, 2.05) is 18.2 Å². The molecule has 1 aromatic carbocycles. The number of benzene rings is 1. The first-order chi connectivity index (χ1) is 11.1. The molecule has 3 aromatic rings. The number of nitrogens with zero attached hydrogens (tertiary/aromatic N) is 2. The highest BCUT2D eigenvalue weighted by Crippen LogP contribution is 2.42. The third-order valence-corrected chi connectivity index (χ3v) is 4.03. The summed E-state index contributed by atoms with van der Waals surface area (Å²) in [6, 6.07) is 8.86. The normalized spacial score (nSPS) is 16.2. The summed E-state index contributed by atoms with van der Waals surface area (Å²) in [5.41, 5.74) is 2.14. The minimum absolute atomic E-state index is 0.272. The molecule has 0 aliphatic carbocycles. The zero-order chi connectivity index (χ0) is 16.0. The van der Waals surface area contributed by atoms with Crippen molar-refractivity contribution in [2.24, 2.45) is 0 Å². The highest BCUT2D eigenvalue weighted by Gasteiger charge is 2.28. The number of rotatable bonds is 2. The van der Waals surface area contributed by atoms with Gasteiger partial charge >= 0.3 is 5.76 Å². The fraction of sp³-hybridized carbons (Fsp3) is 0.133. The second-order valence-electron chi connectivity index (χ2n) is 5.08. The van der Waals surface area contributed by atoms with Crippen LogP contribution in [0.1, 0.15) is 17.4 Å². The Bertz CT molecular complexity index is 951. The molecular formula is C15H9Cl2N3O3. The molecule has 0 saturated carbocycles. The Kier molecular flexibility index (Phi) is 3.36. The van der Waals surface area contributed by atoms with E-state index < -0.39 is 5.76 Å². The fourth-order valence-electron chi connectivity index (χ4n) is 2.55. The smallest absolute Gasteiger partial charge is 0.439 e. The molecule has 1 aliphatic rings. The summed E-state index contributed by atoms with van der Waals surface area (Å²) in [7, 11) is 0. The maximum absolute atomic E-state index is 11.1. The van der Waals surface area contributed by atoms with Crippen molar-refractivity contribution in [3.63, 3.8) is 0 Å². The largest absolute Gasteiger partial charge is 0.482 e. The third-order valence-electron chi connectivity index (χ3n) is 3.53. The van der Waals surface area contributed by atoms with Gasteiger partial charge in [-0.2, -0.15) is 0 Å². The summed E-state index contributed by atoms with van der Waals surface area (Å²) in [5.74, 6) is 0.273. The van der Waals surface area contributed by atoms with Crippen molar-refractivity contribution < 1.29 is 9.26 Å². The maximum Gasteiger partial charge on any atom is 0.439 e. The topological polar surface area (TPSA) is 81.0 Å². The Morgan fingerprint density at radius 3 is 2.91 bits per heavy atom. The number of hydrogen-bond acceptors (Lipinski definition) is 5. The van der Waals surface area contributed by atoms with Crippen LogP contribution in [0.5, 0.6) is 5.75 Å². The Morgan fingerprint density at radius 1 is 1.26 bits per heavy atom. The molecule has 4 rings (SSSR count). The minimum atomic E-state index is -0.627. The van der Waals surface area contributed by atoms with Crippen molar-refractivity contribution in [1.82, 2.24) is 15.1 Å². The molecular weight excluding hydrogens is 341 g/mol. The first-order valence-electron chi connectivity index (χ1n) is 6.78. The van der Waals surface area contributed by atoms with E-state index >= 15 is 0 Å². The van der Waals surface area contributed by atoms with Crippen molar-refractivity contribution >= 4 is 23.2 Å². The summed E-state index contributed by atoms with van der Waals surface area (Å²) in [4.78, 5) is 18.0. The number of aromatic amines is 1. The van der Waals surface area contributed by atoms with Crippen molar-refractivity contribution in [2.45, 2.75) is 12.5 Å². The molecule has 2 aromatic heterocycles. The Labute approximate surface area is 140 Å². The molecule has 0 radical (unpaired) electrons. The maximum atomic E-state index is 11.1. The van der Waals surface area contributed by atoms with Crippen molar-refractivity contribution in [3.8, 4) is 17.3 Å². The summed E-state index contributed by atoms with van der Waals surface area (Å²) < 4.78 is 10.4.